The number of phosphoric acid groups is 2. The molecule has 0 saturated carbocycles. The Balaban J connectivity index is 0.720. The van der Waals surface area contributed by atoms with E-state index in [2.05, 4.69) is 45.5 Å². The van der Waals surface area contributed by atoms with Crippen LogP contribution in [-0.2, 0) is 68.9 Å². The second-order valence-corrected chi connectivity index (χ2v) is 21.1. The standard InChI is InChI=1S/C37H59N11O21P2S/c38-36-43-32-26(33(55)44-36)40-18-48(32)34-30(53)28(51)22(66-34)16-65-70(57,58)69-71(59,60)68-35-31(54)29(52)27(50)21(67-35)14-47-13-19(45-46-47)15-64-12-11-63-10-9-62-8-7-61-6-5-39-24(49)4-2-1-3-23-25-20(17-72-23)41-37(56)42-25/h13,18,20-23,25,27-31,34-35,50-54H,1-12,14-17H2,(H,39,49)(H,57,58)(H,59,60)(H2,41,42,56)(H3,38,43,44,55)/t20-,21?,22+,23-,25-,27+,28?,29-,30-,31?,34+,35+/m0/s1. The van der Waals surface area contributed by atoms with Crippen molar-refractivity contribution in [3.05, 3.63) is 28.6 Å². The highest BCUT2D eigenvalue weighted by molar-refractivity contribution is 8.00. The number of amides is 3. The van der Waals surface area contributed by atoms with Crippen LogP contribution in [0.15, 0.2) is 17.3 Å². The Hall–Kier alpha value is -3.80. The molecule has 3 amide bonds. The Kier molecular flexibility index (Phi) is 19.9. The molecule has 7 rings (SSSR count). The molecule has 72 heavy (non-hydrogen) atoms. The van der Waals surface area contributed by atoms with Gasteiger partial charge in [0.25, 0.3) is 5.56 Å². The molecule has 0 aromatic carbocycles. The Morgan fingerprint density at radius 1 is 0.889 bits per heavy atom. The van der Waals surface area contributed by atoms with Gasteiger partial charge >= 0.3 is 21.7 Å². The highest BCUT2D eigenvalue weighted by Gasteiger charge is 2.50. The number of fused-ring (bicyclic) bond motifs is 2. The van der Waals surface area contributed by atoms with Crippen molar-refractivity contribution in [2.75, 3.05) is 70.9 Å². The third kappa shape index (κ3) is 15.2. The highest BCUT2D eigenvalue weighted by Crippen LogP contribution is 2.61. The van der Waals surface area contributed by atoms with Gasteiger partial charge in [-0.15, -0.1) is 5.10 Å². The second kappa shape index (κ2) is 25.6. The van der Waals surface area contributed by atoms with E-state index in [9.17, 15) is 58.8 Å². The lowest BCUT2D eigenvalue weighted by molar-refractivity contribution is -0.278. The summed E-state index contributed by atoms with van der Waals surface area (Å²) in [5, 5.41) is 69.7. The molecular formula is C37H59N11O21P2S. The van der Waals surface area contributed by atoms with Crippen molar-refractivity contribution in [1.82, 2.24) is 50.5 Å². The number of nitrogens with two attached hydrogens (primary N) is 1. The minimum absolute atomic E-state index is 0.00231. The number of aromatic amines is 1. The van der Waals surface area contributed by atoms with Gasteiger partial charge in [0.1, 0.15) is 48.4 Å². The van der Waals surface area contributed by atoms with Crippen LogP contribution in [0.5, 0.6) is 0 Å². The maximum absolute atomic E-state index is 12.9. The number of urea groups is 1. The number of hydrogen-bond acceptors (Lipinski definition) is 25. The number of carbonyl (C=O) groups is 2. The highest BCUT2D eigenvalue weighted by atomic mass is 32.2. The molecule has 32 nitrogen and oxygen atoms in total. The molecule has 0 bridgehead atoms. The molecule has 4 aliphatic rings. The van der Waals surface area contributed by atoms with Crippen LogP contribution in [-0.4, -0.2) is 213 Å². The molecular weight excluding hydrogens is 1030 g/mol. The first-order valence-electron chi connectivity index (χ1n) is 22.7. The van der Waals surface area contributed by atoms with E-state index in [0.717, 1.165) is 35.9 Å². The molecule has 0 spiro atoms. The molecule has 4 fully saturated rings. The largest absolute Gasteiger partial charge is 0.483 e. The van der Waals surface area contributed by atoms with E-state index < -0.39 is 83.1 Å². The van der Waals surface area contributed by atoms with Crippen molar-refractivity contribution in [3.8, 4) is 0 Å². The molecule has 404 valence electrons. The predicted molar refractivity (Wildman–Crippen MR) is 242 cm³/mol. The number of thioether (sulfide) groups is 1. The molecule has 4 aliphatic heterocycles. The van der Waals surface area contributed by atoms with E-state index in [1.54, 1.807) is 0 Å². The number of phosphoric ester groups is 2. The van der Waals surface area contributed by atoms with Gasteiger partial charge in [0.05, 0.1) is 90.6 Å². The number of hydrogen-bond donors (Lipinski definition) is 12. The molecule has 35 heteroatoms. The first-order valence-corrected chi connectivity index (χ1v) is 26.7. The number of H-pyrrole nitrogens is 1. The summed E-state index contributed by atoms with van der Waals surface area (Å²) in [6, 6.07) is 0.266. The van der Waals surface area contributed by atoms with Crippen molar-refractivity contribution in [3.63, 3.8) is 0 Å². The zero-order valence-corrected chi connectivity index (χ0v) is 40.9. The van der Waals surface area contributed by atoms with Crippen molar-refractivity contribution in [1.29, 1.82) is 0 Å². The number of anilines is 1. The van der Waals surface area contributed by atoms with E-state index in [4.69, 9.17) is 43.2 Å². The lowest BCUT2D eigenvalue weighted by atomic mass is 9.99. The Bertz CT molecular complexity index is 2420. The number of aliphatic hydroxyl groups is 5. The number of ether oxygens (including phenoxy) is 6. The van der Waals surface area contributed by atoms with Crippen LogP contribution in [0.3, 0.4) is 0 Å². The fourth-order valence-corrected chi connectivity index (χ4v) is 11.7. The molecule has 5 unspecified atom stereocenters. The van der Waals surface area contributed by atoms with E-state index in [1.807, 2.05) is 11.8 Å². The van der Waals surface area contributed by atoms with Crippen LogP contribution >= 0.6 is 27.4 Å². The van der Waals surface area contributed by atoms with Gasteiger partial charge in [-0.05, 0) is 12.8 Å². The number of aliphatic hydroxyl groups excluding tert-OH is 5. The van der Waals surface area contributed by atoms with Crippen LogP contribution in [0.1, 0.15) is 37.6 Å². The number of imidazole rings is 1. The minimum atomic E-state index is -5.72. The van der Waals surface area contributed by atoms with Crippen LogP contribution in [0.4, 0.5) is 10.7 Å². The maximum Gasteiger partial charge on any atom is 0.483 e. The monoisotopic (exact) mass is 1090 g/mol. The minimum Gasteiger partial charge on any atom is -0.388 e. The zero-order chi connectivity index (χ0) is 51.6. The maximum atomic E-state index is 12.9. The van der Waals surface area contributed by atoms with Crippen LogP contribution in [0, 0.1) is 0 Å². The number of nitrogen functional groups attached to an aromatic ring is 1. The van der Waals surface area contributed by atoms with Gasteiger partial charge in [-0.1, -0.05) is 11.6 Å². The van der Waals surface area contributed by atoms with Gasteiger partial charge in [0.15, 0.2) is 23.7 Å². The normalized spacial score (nSPS) is 30.0. The molecule has 7 heterocycles. The molecule has 3 aromatic heterocycles. The number of nitrogens with zero attached hydrogens (tertiary/aromatic N) is 6. The van der Waals surface area contributed by atoms with Gasteiger partial charge in [-0.3, -0.25) is 28.2 Å². The molecule has 4 saturated heterocycles. The number of aromatic nitrogens is 7. The van der Waals surface area contributed by atoms with Gasteiger partial charge in [-0.2, -0.15) is 21.1 Å². The van der Waals surface area contributed by atoms with E-state index >= 15 is 0 Å². The molecule has 0 aliphatic carbocycles. The van der Waals surface area contributed by atoms with Crippen LogP contribution in [0.25, 0.3) is 11.2 Å². The third-order valence-corrected chi connectivity index (χ3v) is 15.7. The lowest BCUT2D eigenvalue weighted by Crippen LogP contribution is -2.58. The Morgan fingerprint density at radius 2 is 1.60 bits per heavy atom. The van der Waals surface area contributed by atoms with E-state index in [-0.39, 0.29) is 67.5 Å². The van der Waals surface area contributed by atoms with E-state index in [1.165, 1.54) is 10.9 Å². The molecule has 0 radical (unpaired) electrons. The predicted octanol–water partition coefficient (Wildman–Crippen LogP) is -3.92. The summed E-state index contributed by atoms with van der Waals surface area (Å²) in [4.78, 5) is 66.5. The number of unbranched alkanes of at least 4 members (excludes halogenated alkanes) is 1. The summed E-state index contributed by atoms with van der Waals surface area (Å²) in [5.41, 5.74) is 4.92. The lowest BCUT2D eigenvalue weighted by Gasteiger charge is -2.40. The zero-order valence-electron chi connectivity index (χ0n) is 38.3. The first kappa shape index (κ1) is 55.9. The third-order valence-electron chi connectivity index (χ3n) is 11.5. The number of nitrogens with one attached hydrogen (secondary N) is 4. The fourth-order valence-electron chi connectivity index (χ4n) is 7.99. The summed E-state index contributed by atoms with van der Waals surface area (Å²) < 4.78 is 74.7. The molecule has 13 N–H and O–H groups in total. The van der Waals surface area contributed by atoms with Gasteiger partial charge in [-0.25, -0.2) is 23.6 Å². The SMILES string of the molecule is Nc1nc2c(ncn2[C@@H]2O[C@H](COP(=O)(O)OP(=O)(O)O[C@H]3OC(Cn4cc(COCCOCCOCCOCCNC(=O)CCCC[C@@H]5SC[C@@H]6NC(=O)N[C@@H]65)nn4)[C@@H](O)[C@H](O)C3O)C(O)[C@@H]2O)c(=O)[nH]1. The van der Waals surface area contributed by atoms with Crippen molar-refractivity contribution >= 4 is 56.5 Å². The van der Waals surface area contributed by atoms with E-state index in [0.29, 0.717) is 56.9 Å². The van der Waals surface area contributed by atoms with Gasteiger partial charge < -0.3 is 85.4 Å². The quantitative estimate of drug-likeness (QED) is 0.0179. The topological polar surface area (TPSA) is 449 Å². The molecule has 14 atom stereocenters. The second-order valence-electron chi connectivity index (χ2n) is 16.8. The van der Waals surface area contributed by atoms with Crippen molar-refractivity contribution in [2.45, 2.75) is 111 Å². The smallest absolute Gasteiger partial charge is 0.388 e. The fraction of sp³-hybridized carbons (Fsp3) is 0.757. The summed E-state index contributed by atoms with van der Waals surface area (Å²) in [7, 11) is -11.3. The average Bonchev–Trinajstić information content (AvgIpc) is 4.16. The first-order chi connectivity index (χ1) is 34.4. The summed E-state index contributed by atoms with van der Waals surface area (Å²) >= 11 is 1.86. The van der Waals surface area contributed by atoms with Gasteiger partial charge in [0.2, 0.25) is 11.9 Å². The van der Waals surface area contributed by atoms with Crippen LogP contribution in [0.2, 0.25) is 0 Å². The number of carbonyl (C=O) groups excluding carboxylic acids is 2. The number of rotatable bonds is 29. The Morgan fingerprint density at radius 3 is 2.35 bits per heavy atom. The van der Waals surface area contributed by atoms with Crippen LogP contribution < -0.4 is 27.2 Å². The summed E-state index contributed by atoms with van der Waals surface area (Å²) in [6.45, 7) is 1.08. The summed E-state index contributed by atoms with van der Waals surface area (Å²) in [5.74, 6) is 0.598. The average molecular weight is 1090 g/mol. The summed E-state index contributed by atoms with van der Waals surface area (Å²) in [6.07, 6.45) is -10.7. The van der Waals surface area contributed by atoms with Gasteiger partial charge in [0, 0.05) is 24.0 Å². The Labute approximate surface area is 412 Å². The van der Waals surface area contributed by atoms with Crippen molar-refractivity contribution < 1.29 is 95.8 Å². The van der Waals surface area contributed by atoms with Crippen molar-refractivity contribution in [2.24, 2.45) is 0 Å². The molecule has 3 aromatic rings.